The van der Waals surface area contributed by atoms with E-state index in [4.69, 9.17) is 41.8 Å². The second-order valence-corrected chi connectivity index (χ2v) is 33.4. The molecule has 0 spiro atoms. The molecule has 25 nitrogen and oxygen atoms in total. The molecule has 2 aliphatic rings. The number of benzene rings is 10. The molecule has 0 fully saturated rings. The second-order valence-electron chi connectivity index (χ2n) is 33.4. The smallest absolute Gasteiger partial charge is 0.407 e. The number of rotatable bonds is 35. The number of hydrogen-bond acceptors (Lipinski definition) is 16. The number of unbranched alkanes of at least 4 members (excludes halogenated alkanes) is 2. The summed E-state index contributed by atoms with van der Waals surface area (Å²) in [4.78, 5) is 109. The Kier molecular flexibility index (Phi) is 36.5. The monoisotopic (exact) mass is 1760 g/mol. The molecule has 0 unspecified atom stereocenters. The molecule has 0 saturated carbocycles. The summed E-state index contributed by atoms with van der Waals surface area (Å²) in [6.45, 7) is 15.7. The Morgan fingerprint density at radius 3 is 0.984 bits per heavy atom. The molecular formula is C103H119FN10O15. The van der Waals surface area contributed by atoms with Gasteiger partial charge in [-0.2, -0.15) is 0 Å². The predicted molar refractivity (Wildman–Crippen MR) is 497 cm³/mol. The molecule has 0 radical (unpaired) electrons. The molecule has 2 aliphatic carbocycles. The van der Waals surface area contributed by atoms with Crippen LogP contribution in [0.3, 0.4) is 0 Å². The SMILES string of the molecule is C[C@@H](CCCCNC(=O)OC(C)(C)C)/C(N)=N/O.C[C@@H](CCCCNC(=O)OC(C)(C)C)/C(N)=N/OC(=O)[C@H](CCC(=O)NC(c1ccccc1)(c1ccccc1)c1ccccc1)NC(=O)OCC1c2ccccc2-c2ccccc21.O=C(CC[C@H](NC(=O)OCC1c2ccccc2-c2ccccc21)C(=O)O)NC(c1ccccc1)(c1ccccc1)c1ccccc1.[2H]CF. The molecule has 12 rings (SSSR count). The second kappa shape index (κ2) is 48.5. The van der Waals surface area contributed by atoms with Crippen LogP contribution in [0.1, 0.15) is 188 Å². The minimum atomic E-state index is -1.32. The number of carboxylic acids is 1. The van der Waals surface area contributed by atoms with Gasteiger partial charge in [-0.05, 0) is 158 Å². The van der Waals surface area contributed by atoms with E-state index in [2.05, 4.69) is 42.2 Å². The van der Waals surface area contributed by atoms with Crippen molar-refractivity contribution in [2.45, 2.75) is 166 Å². The molecule has 26 heteroatoms. The van der Waals surface area contributed by atoms with Crippen LogP contribution < -0.4 is 43.4 Å². The number of carbonyl (C=O) groups is 8. The number of ether oxygens (including phenoxy) is 4. The van der Waals surface area contributed by atoms with Gasteiger partial charge in [0.05, 0.1) is 8.52 Å². The van der Waals surface area contributed by atoms with Crippen molar-refractivity contribution in [1.29, 1.82) is 0 Å². The van der Waals surface area contributed by atoms with Gasteiger partial charge >= 0.3 is 36.3 Å². The number of nitrogens with one attached hydrogen (secondary N) is 6. The van der Waals surface area contributed by atoms with Crippen LogP contribution in [0.15, 0.2) is 289 Å². The van der Waals surface area contributed by atoms with Crippen LogP contribution in [-0.4, -0.2) is 127 Å². The van der Waals surface area contributed by atoms with Crippen LogP contribution >= 0.6 is 0 Å². The fraction of sp³-hybridized carbons (Fsp3) is 0.320. The summed E-state index contributed by atoms with van der Waals surface area (Å²) in [6.07, 6.45) is 1.38. The summed E-state index contributed by atoms with van der Waals surface area (Å²) in [7, 11) is -1.00. The molecule has 0 bridgehead atoms. The average Bonchev–Trinajstić information content (AvgIpc) is 1.41. The van der Waals surface area contributed by atoms with Gasteiger partial charge in [0.25, 0.3) is 0 Å². The lowest BCUT2D eigenvalue weighted by Gasteiger charge is -2.37. The van der Waals surface area contributed by atoms with Gasteiger partial charge in [0.1, 0.15) is 59.2 Å². The molecule has 0 aromatic heterocycles. The number of nitrogens with zero attached hydrogens (tertiary/aromatic N) is 2. The number of carbonyl (C=O) groups excluding carboxylic acids is 7. The predicted octanol–water partition coefficient (Wildman–Crippen LogP) is 18.4. The Hall–Kier alpha value is -14.2. The van der Waals surface area contributed by atoms with E-state index in [1.165, 1.54) is 0 Å². The average molecular weight is 1760 g/mol. The lowest BCUT2D eigenvalue weighted by molar-refractivity contribution is -0.146. The zero-order valence-corrected chi connectivity index (χ0v) is 74.3. The molecule has 129 heavy (non-hydrogen) atoms. The Balaban J connectivity index is 0.000000247. The summed E-state index contributed by atoms with van der Waals surface area (Å²) < 4.78 is 37.2. The van der Waals surface area contributed by atoms with Crippen molar-refractivity contribution in [3.63, 3.8) is 0 Å². The zero-order valence-electron chi connectivity index (χ0n) is 75.3. The third-order valence-electron chi connectivity index (χ3n) is 21.9. The number of amidine groups is 2. The first-order valence-corrected chi connectivity index (χ1v) is 43.2. The number of carboxylic acid groups (broad SMARTS) is 1. The molecule has 10 aromatic rings. The molecule has 0 aliphatic heterocycles. The first-order valence-electron chi connectivity index (χ1n) is 43.9. The molecule has 10 aromatic carbocycles. The third kappa shape index (κ3) is 28.2. The third-order valence-corrected chi connectivity index (χ3v) is 21.9. The van der Waals surface area contributed by atoms with E-state index in [1.807, 2.05) is 314 Å². The van der Waals surface area contributed by atoms with Crippen molar-refractivity contribution < 1.29 is 78.2 Å². The highest BCUT2D eigenvalue weighted by Gasteiger charge is 2.41. The first-order chi connectivity index (χ1) is 62.5. The Bertz CT molecular complexity index is 5100. The molecule has 4 atom stereocenters. The number of nitrogens with two attached hydrogens (primary N) is 2. The van der Waals surface area contributed by atoms with Gasteiger partial charge in [-0.25, -0.2) is 28.8 Å². The Labute approximate surface area is 755 Å². The van der Waals surface area contributed by atoms with E-state index in [1.54, 1.807) is 20.8 Å². The number of hydrogen-bond donors (Lipinski definition) is 10. The normalized spacial score (nSPS) is 13.2. The summed E-state index contributed by atoms with van der Waals surface area (Å²) in [5.41, 5.74) is 22.2. The summed E-state index contributed by atoms with van der Waals surface area (Å²) in [5, 5.41) is 42.4. The highest BCUT2D eigenvalue weighted by molar-refractivity contribution is 5.88. The van der Waals surface area contributed by atoms with Crippen LogP contribution in [0, 0.1) is 11.8 Å². The van der Waals surface area contributed by atoms with Crippen molar-refractivity contribution >= 4 is 59.8 Å². The summed E-state index contributed by atoms with van der Waals surface area (Å²) >= 11 is 0. The van der Waals surface area contributed by atoms with E-state index in [0.717, 1.165) is 97.2 Å². The van der Waals surface area contributed by atoms with Crippen LogP contribution in [0.4, 0.5) is 23.6 Å². The van der Waals surface area contributed by atoms with E-state index in [0.29, 0.717) is 32.4 Å². The topological polar surface area (TPSA) is 372 Å². The van der Waals surface area contributed by atoms with Crippen LogP contribution in [0.25, 0.3) is 22.3 Å². The number of amides is 6. The minimum absolute atomic E-state index is 0.0196. The quantitative estimate of drug-likeness (QED) is 0.00258. The molecule has 0 heterocycles. The fourth-order valence-electron chi connectivity index (χ4n) is 15.5. The first kappa shape index (κ1) is 97.0. The van der Waals surface area contributed by atoms with E-state index in [-0.39, 0.29) is 86.1 Å². The van der Waals surface area contributed by atoms with Gasteiger partial charge in [0.2, 0.25) is 11.8 Å². The van der Waals surface area contributed by atoms with Gasteiger partial charge < -0.3 is 77.5 Å². The fourth-order valence-corrected chi connectivity index (χ4v) is 15.5. The minimum Gasteiger partial charge on any atom is -0.480 e. The van der Waals surface area contributed by atoms with Gasteiger partial charge in [-0.15, -0.1) is 0 Å². The Morgan fingerprint density at radius 2 is 0.690 bits per heavy atom. The number of alkyl carbamates (subject to hydrolysis) is 4. The molecule has 6 amide bonds. The maximum absolute atomic E-state index is 14.2. The maximum atomic E-state index is 14.2. The van der Waals surface area contributed by atoms with Crippen molar-refractivity contribution in [1.82, 2.24) is 31.9 Å². The van der Waals surface area contributed by atoms with E-state index >= 15 is 0 Å². The number of halogens is 1. The Morgan fingerprint density at radius 1 is 0.411 bits per heavy atom. The van der Waals surface area contributed by atoms with Crippen LogP contribution in [0.2, 0.25) is 0 Å². The van der Waals surface area contributed by atoms with Crippen molar-refractivity contribution in [3.8, 4) is 22.3 Å². The van der Waals surface area contributed by atoms with Gasteiger partial charge in [0.15, 0.2) is 0 Å². The van der Waals surface area contributed by atoms with Crippen molar-refractivity contribution in [3.05, 3.63) is 335 Å². The molecule has 0 saturated heterocycles. The number of oxime groups is 2. The lowest BCUT2D eigenvalue weighted by atomic mass is 9.77. The van der Waals surface area contributed by atoms with E-state index in [9.17, 15) is 47.9 Å². The zero-order chi connectivity index (χ0) is 93.6. The lowest BCUT2D eigenvalue weighted by Crippen LogP contribution is -2.48. The maximum Gasteiger partial charge on any atom is 0.407 e. The summed E-state index contributed by atoms with van der Waals surface area (Å²) in [6, 6.07) is 87.3. The largest absolute Gasteiger partial charge is 0.480 e. The molecule has 12 N–H and O–H groups in total. The van der Waals surface area contributed by atoms with Crippen LogP contribution in [0.5, 0.6) is 0 Å². The van der Waals surface area contributed by atoms with Crippen LogP contribution in [-0.2, 0) is 54.0 Å². The van der Waals surface area contributed by atoms with Gasteiger partial charge in [-0.3, -0.25) is 14.0 Å². The standard InChI is InChI=1S/C51H57N5O7.C39H34N2O5.C12H25N3O3.CH3F/c1-35(20-18-19-33-53-48(59)62-50(2,3)4)46(52)56-63-47(58)44(54-49(60)61-34-43-41-29-16-14-27-39(41)40-28-15-17-30-42(40)43)31-32-45(57)55-51(36-21-8-5-9-22-36,37-23-10-6-11-24-37)38-25-12-7-13-26-38;42-36(41-39(27-14-4-1-5-15-27,28-16-6-2-7-17-28)29-18-8-3-9-19-29)25-24-35(37(43)44)40-38(45)46-26-34-32-22-12-10-20-30(32)31-21-11-13-23-33(31)34;1-9(10(13)15-17)7-5-6-8-14-11(16)18-12(2,3)4;1-2/h5-17,21-30,35,43-44H,18-20,31-34H2,1-4H3,(H2,52,56)(H,53,59)(H,54,60)(H,55,57);1-23,34-35H,24-26H2,(H,40,45)(H,41,42)(H,43,44);9,17H,5-8H2,1-4H3,(H2,13,15)(H,14,16);1H3/t35-,44-;35-;9-;/m000./s1/i;;;1D. The number of aliphatic carboxylic acids is 1. The molecule has 678 valence electrons. The highest BCUT2D eigenvalue weighted by Crippen LogP contribution is 2.47. The highest BCUT2D eigenvalue weighted by atomic mass is 19.1. The van der Waals surface area contributed by atoms with Crippen molar-refractivity contribution in [2.24, 2.45) is 33.6 Å². The van der Waals surface area contributed by atoms with Gasteiger partial charge in [0, 0.05) is 49.6 Å². The number of alkyl halides is 1. The van der Waals surface area contributed by atoms with E-state index < -0.39 is 77.8 Å². The van der Waals surface area contributed by atoms with Gasteiger partial charge in [-0.1, -0.05) is 316 Å². The molecular weight excluding hydrogens is 1640 g/mol. The summed E-state index contributed by atoms with van der Waals surface area (Å²) in [5.74, 6) is -3.15. The van der Waals surface area contributed by atoms with Crippen molar-refractivity contribution in [2.75, 3.05) is 33.5 Å². The number of fused-ring (bicyclic) bond motifs is 6.